The van der Waals surface area contributed by atoms with Crippen LogP contribution in [0.3, 0.4) is 0 Å². The normalized spacial score (nSPS) is 14.9. The Kier molecular flexibility index (Phi) is 7.47. The van der Waals surface area contributed by atoms with Crippen molar-refractivity contribution in [2.24, 2.45) is 0 Å². The van der Waals surface area contributed by atoms with E-state index in [-0.39, 0.29) is 19.4 Å². The summed E-state index contributed by atoms with van der Waals surface area (Å²) in [6.45, 7) is 0.239. The van der Waals surface area contributed by atoms with Gasteiger partial charge in [-0.3, -0.25) is 14.4 Å². The van der Waals surface area contributed by atoms with Crippen LogP contribution in [0.2, 0.25) is 0 Å². The summed E-state index contributed by atoms with van der Waals surface area (Å²) in [5.41, 5.74) is 0. The summed E-state index contributed by atoms with van der Waals surface area (Å²) in [4.78, 5) is 38.1. The summed E-state index contributed by atoms with van der Waals surface area (Å²) in [5, 5.41) is 1.49. The Bertz CT molecular complexity index is 318. The van der Waals surface area contributed by atoms with Crippen molar-refractivity contribution in [3.8, 4) is 0 Å². The van der Waals surface area contributed by atoms with Crippen LogP contribution in [-0.2, 0) is 19.2 Å². The molecule has 1 saturated heterocycles. The van der Waals surface area contributed by atoms with Crippen molar-refractivity contribution in [2.45, 2.75) is 44.9 Å². The van der Waals surface area contributed by atoms with Gasteiger partial charge < -0.3 is 4.74 Å². The Morgan fingerprint density at radius 3 is 2.26 bits per heavy atom. The number of amides is 2. The Labute approximate surface area is 120 Å². The fraction of sp³-hybridized carbons (Fsp3) is 0.750. The molecule has 1 rings (SSSR count). The lowest BCUT2D eigenvalue weighted by Gasteiger charge is -2.12. The molecule has 0 aromatic rings. The van der Waals surface area contributed by atoms with Crippen molar-refractivity contribution in [1.82, 2.24) is 5.06 Å². The van der Waals surface area contributed by atoms with Gasteiger partial charge in [-0.15, -0.1) is 0 Å². The molecule has 0 spiro atoms. The van der Waals surface area contributed by atoms with Crippen LogP contribution in [0.25, 0.3) is 0 Å². The molecular weight excluding hydrogens is 318 g/mol. The van der Waals surface area contributed by atoms with Gasteiger partial charge >= 0.3 is 6.16 Å². The van der Waals surface area contributed by atoms with Crippen LogP contribution in [0.15, 0.2) is 0 Å². The average Bonchev–Trinajstić information content (AvgIpc) is 2.69. The number of hydrogen-bond acceptors (Lipinski definition) is 5. The lowest BCUT2D eigenvalue weighted by molar-refractivity contribution is -0.177. The van der Waals surface area contributed by atoms with Gasteiger partial charge in [0.05, 0.1) is 6.61 Å². The highest BCUT2D eigenvalue weighted by Gasteiger charge is 2.33. The molecule has 19 heavy (non-hydrogen) atoms. The maximum atomic E-state index is 11.2. The van der Waals surface area contributed by atoms with E-state index in [0.29, 0.717) is 5.06 Å². The fourth-order valence-corrected chi connectivity index (χ4v) is 2.04. The lowest BCUT2D eigenvalue weighted by Crippen LogP contribution is -2.32. The Morgan fingerprint density at radius 1 is 1.05 bits per heavy atom. The maximum absolute atomic E-state index is 11.2. The van der Waals surface area contributed by atoms with Crippen LogP contribution in [0.1, 0.15) is 44.9 Å². The molecule has 1 aliphatic heterocycles. The third-order valence-electron chi connectivity index (χ3n) is 2.67. The number of unbranched alkanes of at least 4 members (excludes halogenated alkanes) is 4. The van der Waals surface area contributed by atoms with Gasteiger partial charge in [-0.1, -0.05) is 40.3 Å². The number of halogens is 1. The molecule has 0 saturated carbocycles. The van der Waals surface area contributed by atoms with Crippen molar-refractivity contribution >= 4 is 33.9 Å². The first kappa shape index (κ1) is 15.9. The van der Waals surface area contributed by atoms with Crippen LogP contribution in [0.5, 0.6) is 0 Å². The fourth-order valence-electron chi connectivity index (χ4n) is 1.64. The number of hydrogen-bond donors (Lipinski definition) is 0. The highest BCUT2D eigenvalue weighted by atomic mass is 79.9. The van der Waals surface area contributed by atoms with Gasteiger partial charge in [0.15, 0.2) is 0 Å². The number of carbonyl (C=O) groups excluding carboxylic acids is 3. The van der Waals surface area contributed by atoms with Gasteiger partial charge in [-0.25, -0.2) is 4.79 Å². The summed E-state index contributed by atoms with van der Waals surface area (Å²) < 4.78 is 4.79. The van der Waals surface area contributed by atoms with Crippen molar-refractivity contribution in [1.29, 1.82) is 0 Å². The second-order valence-electron chi connectivity index (χ2n) is 4.23. The van der Waals surface area contributed by atoms with Crippen molar-refractivity contribution in [2.75, 3.05) is 11.9 Å². The molecular formula is C12H18BrNO5. The molecule has 1 heterocycles. The molecule has 0 aromatic carbocycles. The smallest absolute Gasteiger partial charge is 0.433 e. The summed E-state index contributed by atoms with van der Waals surface area (Å²) >= 11 is 3.36. The van der Waals surface area contributed by atoms with Gasteiger partial charge in [-0.05, 0) is 12.8 Å². The molecule has 0 aliphatic carbocycles. The zero-order valence-electron chi connectivity index (χ0n) is 10.7. The zero-order chi connectivity index (χ0) is 14.1. The molecule has 2 amide bonds. The topological polar surface area (TPSA) is 72.9 Å². The highest BCUT2D eigenvalue weighted by Crippen LogP contribution is 2.12. The molecule has 1 aliphatic rings. The number of rotatable bonds is 8. The number of nitrogens with zero attached hydrogens (tertiary/aromatic N) is 1. The van der Waals surface area contributed by atoms with E-state index in [9.17, 15) is 14.4 Å². The van der Waals surface area contributed by atoms with Crippen molar-refractivity contribution in [3.63, 3.8) is 0 Å². The van der Waals surface area contributed by atoms with E-state index in [1.807, 2.05) is 0 Å². The Balaban J connectivity index is 2.05. The maximum Gasteiger partial charge on any atom is 0.533 e. The number of alkyl halides is 1. The van der Waals surface area contributed by atoms with E-state index in [0.717, 1.165) is 37.4 Å². The number of carbonyl (C=O) groups is 3. The second-order valence-corrected chi connectivity index (χ2v) is 5.02. The number of hydroxylamine groups is 2. The molecule has 0 N–H and O–H groups in total. The van der Waals surface area contributed by atoms with E-state index >= 15 is 0 Å². The molecule has 0 bridgehead atoms. The molecule has 6 nitrogen and oxygen atoms in total. The van der Waals surface area contributed by atoms with Crippen LogP contribution < -0.4 is 0 Å². The number of imide groups is 1. The van der Waals surface area contributed by atoms with E-state index < -0.39 is 18.0 Å². The quantitative estimate of drug-likeness (QED) is 0.295. The first-order valence-electron chi connectivity index (χ1n) is 6.41. The van der Waals surface area contributed by atoms with E-state index in [4.69, 9.17) is 4.74 Å². The summed E-state index contributed by atoms with van der Waals surface area (Å²) in [5.74, 6) is -1.01. The van der Waals surface area contributed by atoms with Gasteiger partial charge in [-0.2, -0.15) is 0 Å². The van der Waals surface area contributed by atoms with E-state index in [2.05, 4.69) is 20.8 Å². The minimum absolute atomic E-state index is 0.0830. The minimum atomic E-state index is -0.996. The molecule has 0 radical (unpaired) electrons. The van der Waals surface area contributed by atoms with Crippen LogP contribution >= 0.6 is 15.9 Å². The average molecular weight is 336 g/mol. The third-order valence-corrected chi connectivity index (χ3v) is 3.23. The minimum Gasteiger partial charge on any atom is -0.433 e. The first-order valence-corrected chi connectivity index (χ1v) is 7.53. The molecule has 0 atom stereocenters. The van der Waals surface area contributed by atoms with Crippen molar-refractivity contribution < 1.29 is 24.0 Å². The summed E-state index contributed by atoms with van der Waals surface area (Å²) in [6.07, 6.45) is 4.27. The largest absolute Gasteiger partial charge is 0.533 e. The Morgan fingerprint density at radius 2 is 1.63 bits per heavy atom. The van der Waals surface area contributed by atoms with E-state index in [1.54, 1.807) is 0 Å². The number of ether oxygens (including phenoxy) is 1. The summed E-state index contributed by atoms with van der Waals surface area (Å²) in [7, 11) is 0. The van der Waals surface area contributed by atoms with Crippen LogP contribution in [0.4, 0.5) is 4.79 Å². The van der Waals surface area contributed by atoms with Crippen molar-refractivity contribution in [3.05, 3.63) is 0 Å². The standard InChI is InChI=1S/C12H18BrNO5/c13-8-4-2-1-3-5-9-18-12(17)19-14-10(15)6-7-11(14)16/h1-9H2. The van der Waals surface area contributed by atoms with Gasteiger partial charge in [0.2, 0.25) is 0 Å². The highest BCUT2D eigenvalue weighted by molar-refractivity contribution is 9.09. The van der Waals surface area contributed by atoms with E-state index in [1.165, 1.54) is 0 Å². The Hall–Kier alpha value is -1.11. The predicted molar refractivity (Wildman–Crippen MR) is 70.4 cm³/mol. The lowest BCUT2D eigenvalue weighted by atomic mass is 10.2. The molecule has 0 aromatic heterocycles. The first-order chi connectivity index (χ1) is 9.15. The monoisotopic (exact) mass is 335 g/mol. The second kappa shape index (κ2) is 8.90. The predicted octanol–water partition coefficient (Wildman–Crippen LogP) is 2.55. The third kappa shape index (κ3) is 6.04. The molecule has 1 fully saturated rings. The molecule has 0 unspecified atom stereocenters. The van der Waals surface area contributed by atoms with Crippen LogP contribution in [-0.4, -0.2) is 35.0 Å². The molecule has 7 heteroatoms. The van der Waals surface area contributed by atoms with Gasteiger partial charge in [0, 0.05) is 18.2 Å². The van der Waals surface area contributed by atoms with Gasteiger partial charge in [0.1, 0.15) is 0 Å². The van der Waals surface area contributed by atoms with Crippen LogP contribution in [0, 0.1) is 0 Å². The molecule has 108 valence electrons. The summed E-state index contributed by atoms with van der Waals surface area (Å²) in [6, 6.07) is 0. The SMILES string of the molecule is O=C(OCCCCCCCBr)ON1C(=O)CCC1=O. The zero-order valence-corrected chi connectivity index (χ0v) is 12.3. The van der Waals surface area contributed by atoms with Gasteiger partial charge in [0.25, 0.3) is 11.8 Å².